The van der Waals surface area contributed by atoms with Gasteiger partial charge in [0.05, 0.1) is 6.20 Å². The second kappa shape index (κ2) is 4.42. The van der Waals surface area contributed by atoms with Crippen LogP contribution in [-0.4, -0.2) is 38.8 Å². The highest BCUT2D eigenvalue weighted by atomic mass is 16.2. The highest BCUT2D eigenvalue weighted by molar-refractivity contribution is 5.92. The van der Waals surface area contributed by atoms with E-state index in [4.69, 9.17) is 0 Å². The number of aromatic amines is 1. The lowest BCUT2D eigenvalue weighted by atomic mass is 10.3. The van der Waals surface area contributed by atoms with Gasteiger partial charge in [0.25, 0.3) is 5.91 Å². The Bertz CT molecular complexity index is 318. The second-order valence-electron chi connectivity index (χ2n) is 3.94. The first-order chi connectivity index (χ1) is 7.33. The van der Waals surface area contributed by atoms with Crippen LogP contribution >= 0.6 is 0 Å². The fourth-order valence-corrected chi connectivity index (χ4v) is 1.62. The van der Waals surface area contributed by atoms with Crippen molar-refractivity contribution in [2.75, 3.05) is 6.54 Å². The molecule has 1 heterocycles. The van der Waals surface area contributed by atoms with E-state index in [1.165, 1.54) is 6.20 Å². The summed E-state index contributed by atoms with van der Waals surface area (Å²) in [5.41, 5.74) is 0.429. The molecule has 0 saturated heterocycles. The summed E-state index contributed by atoms with van der Waals surface area (Å²) in [6.45, 7) is 2.97. The van der Waals surface area contributed by atoms with Gasteiger partial charge in [-0.25, -0.2) is 0 Å². The summed E-state index contributed by atoms with van der Waals surface area (Å²) in [6.07, 6.45) is 5.92. The summed E-state index contributed by atoms with van der Waals surface area (Å²) in [6, 6.07) is 0.445. The van der Waals surface area contributed by atoms with E-state index in [1.54, 1.807) is 0 Å². The van der Waals surface area contributed by atoms with Gasteiger partial charge in [-0.3, -0.25) is 4.79 Å². The lowest BCUT2D eigenvalue weighted by Crippen LogP contribution is -2.34. The molecule has 1 saturated carbocycles. The van der Waals surface area contributed by atoms with Gasteiger partial charge in [0.15, 0.2) is 5.69 Å². The molecular weight excluding hydrogens is 192 g/mol. The molecule has 1 aliphatic rings. The molecule has 1 N–H and O–H groups in total. The van der Waals surface area contributed by atoms with Gasteiger partial charge in [-0.2, -0.15) is 15.4 Å². The van der Waals surface area contributed by atoms with Crippen LogP contribution < -0.4 is 0 Å². The molecule has 0 spiro atoms. The van der Waals surface area contributed by atoms with Crippen LogP contribution in [0, 0.1) is 0 Å². The molecule has 0 bridgehead atoms. The number of carbonyl (C=O) groups is 1. The number of hydrogen-bond donors (Lipinski definition) is 1. The van der Waals surface area contributed by atoms with Gasteiger partial charge in [0.1, 0.15) is 0 Å². The third-order valence-electron chi connectivity index (χ3n) is 2.64. The van der Waals surface area contributed by atoms with Crippen LogP contribution in [0.1, 0.15) is 43.1 Å². The first kappa shape index (κ1) is 10.1. The number of nitrogens with one attached hydrogen (secondary N) is 1. The molecule has 1 amide bonds. The first-order valence-electron chi connectivity index (χ1n) is 5.49. The van der Waals surface area contributed by atoms with E-state index in [0.717, 1.165) is 32.2 Å². The molecule has 0 atom stereocenters. The summed E-state index contributed by atoms with van der Waals surface area (Å²) >= 11 is 0. The van der Waals surface area contributed by atoms with Crippen LogP contribution in [0.5, 0.6) is 0 Å². The van der Waals surface area contributed by atoms with Crippen LogP contribution in [0.15, 0.2) is 6.20 Å². The van der Waals surface area contributed by atoms with Gasteiger partial charge in [0.2, 0.25) is 0 Å². The monoisotopic (exact) mass is 208 g/mol. The standard InChI is InChI=1S/C10H16N4O/c1-2-3-6-14(8-4-5-8)10(15)9-7-11-13-12-9/h7-8H,2-6H2,1H3,(H,11,12,13). The summed E-state index contributed by atoms with van der Waals surface area (Å²) in [5, 5.41) is 9.96. The van der Waals surface area contributed by atoms with E-state index in [2.05, 4.69) is 22.3 Å². The van der Waals surface area contributed by atoms with E-state index in [-0.39, 0.29) is 5.91 Å². The van der Waals surface area contributed by atoms with Crippen LogP contribution in [0.3, 0.4) is 0 Å². The van der Waals surface area contributed by atoms with E-state index in [0.29, 0.717) is 11.7 Å². The zero-order chi connectivity index (χ0) is 10.7. The Labute approximate surface area is 88.9 Å². The maximum Gasteiger partial charge on any atom is 0.276 e. The van der Waals surface area contributed by atoms with Crippen molar-refractivity contribution in [1.82, 2.24) is 20.3 Å². The zero-order valence-corrected chi connectivity index (χ0v) is 8.94. The van der Waals surface area contributed by atoms with Crippen LogP contribution in [0.2, 0.25) is 0 Å². The quantitative estimate of drug-likeness (QED) is 0.791. The highest BCUT2D eigenvalue weighted by Crippen LogP contribution is 2.28. The number of rotatable bonds is 5. The van der Waals surface area contributed by atoms with Crippen molar-refractivity contribution < 1.29 is 4.79 Å². The average molecular weight is 208 g/mol. The minimum atomic E-state index is 0.0136. The number of nitrogens with zero attached hydrogens (tertiary/aromatic N) is 3. The van der Waals surface area contributed by atoms with Crippen molar-refractivity contribution in [3.05, 3.63) is 11.9 Å². The molecule has 0 aromatic carbocycles. The Hall–Kier alpha value is -1.39. The van der Waals surface area contributed by atoms with E-state index in [1.807, 2.05) is 4.90 Å². The normalized spacial score (nSPS) is 15.3. The Kier molecular flexibility index (Phi) is 2.99. The van der Waals surface area contributed by atoms with Gasteiger partial charge in [-0.15, -0.1) is 0 Å². The minimum Gasteiger partial charge on any atom is -0.334 e. The predicted molar refractivity (Wildman–Crippen MR) is 55.3 cm³/mol. The lowest BCUT2D eigenvalue weighted by molar-refractivity contribution is 0.0734. The summed E-state index contributed by atoms with van der Waals surface area (Å²) < 4.78 is 0. The maximum absolute atomic E-state index is 12.0. The molecule has 5 heteroatoms. The Morgan fingerprint density at radius 2 is 2.47 bits per heavy atom. The van der Waals surface area contributed by atoms with Crippen molar-refractivity contribution in [3.63, 3.8) is 0 Å². The van der Waals surface area contributed by atoms with E-state index in [9.17, 15) is 4.79 Å². The van der Waals surface area contributed by atoms with Crippen molar-refractivity contribution in [1.29, 1.82) is 0 Å². The topological polar surface area (TPSA) is 61.9 Å². The number of H-pyrrole nitrogens is 1. The highest BCUT2D eigenvalue weighted by Gasteiger charge is 2.33. The summed E-state index contributed by atoms with van der Waals surface area (Å²) in [4.78, 5) is 13.9. The van der Waals surface area contributed by atoms with Gasteiger partial charge < -0.3 is 4.90 Å². The average Bonchev–Trinajstić information content (AvgIpc) is 2.94. The molecule has 0 unspecified atom stereocenters. The number of unbranched alkanes of at least 4 members (excludes halogenated alkanes) is 1. The summed E-state index contributed by atoms with van der Waals surface area (Å²) in [5.74, 6) is 0.0136. The third kappa shape index (κ3) is 2.34. The fourth-order valence-electron chi connectivity index (χ4n) is 1.62. The molecule has 1 aliphatic carbocycles. The molecule has 2 rings (SSSR count). The van der Waals surface area contributed by atoms with Gasteiger partial charge in [0, 0.05) is 12.6 Å². The van der Waals surface area contributed by atoms with Crippen LogP contribution in [0.25, 0.3) is 0 Å². The maximum atomic E-state index is 12.0. The van der Waals surface area contributed by atoms with E-state index < -0.39 is 0 Å². The Morgan fingerprint density at radius 3 is 3.00 bits per heavy atom. The number of carbonyl (C=O) groups excluding carboxylic acids is 1. The molecule has 1 aromatic rings. The molecule has 1 fully saturated rings. The minimum absolute atomic E-state index is 0.0136. The largest absolute Gasteiger partial charge is 0.334 e. The van der Waals surface area contributed by atoms with Gasteiger partial charge in [-0.05, 0) is 19.3 Å². The number of amides is 1. The number of aromatic nitrogens is 3. The Balaban J connectivity index is 2.01. The van der Waals surface area contributed by atoms with Crippen LogP contribution in [0.4, 0.5) is 0 Å². The van der Waals surface area contributed by atoms with Crippen molar-refractivity contribution in [3.8, 4) is 0 Å². The lowest BCUT2D eigenvalue weighted by Gasteiger charge is -2.20. The smallest absolute Gasteiger partial charge is 0.276 e. The third-order valence-corrected chi connectivity index (χ3v) is 2.64. The van der Waals surface area contributed by atoms with Crippen LogP contribution in [-0.2, 0) is 0 Å². The molecule has 15 heavy (non-hydrogen) atoms. The molecule has 0 radical (unpaired) electrons. The van der Waals surface area contributed by atoms with E-state index >= 15 is 0 Å². The number of hydrogen-bond acceptors (Lipinski definition) is 3. The predicted octanol–water partition coefficient (Wildman–Crippen LogP) is 1.21. The Morgan fingerprint density at radius 1 is 1.67 bits per heavy atom. The molecule has 5 nitrogen and oxygen atoms in total. The molecule has 82 valence electrons. The van der Waals surface area contributed by atoms with Crippen molar-refractivity contribution >= 4 is 5.91 Å². The molecule has 1 aromatic heterocycles. The van der Waals surface area contributed by atoms with Crippen molar-refractivity contribution in [2.45, 2.75) is 38.6 Å². The van der Waals surface area contributed by atoms with Gasteiger partial charge in [-0.1, -0.05) is 13.3 Å². The molecular formula is C10H16N4O. The van der Waals surface area contributed by atoms with Crippen molar-refractivity contribution in [2.24, 2.45) is 0 Å². The summed E-state index contributed by atoms with van der Waals surface area (Å²) in [7, 11) is 0. The molecule has 0 aliphatic heterocycles. The SMILES string of the molecule is CCCCN(C(=O)c1cn[nH]n1)C1CC1. The first-order valence-corrected chi connectivity index (χ1v) is 5.49. The van der Waals surface area contributed by atoms with Gasteiger partial charge >= 0.3 is 0 Å². The zero-order valence-electron chi connectivity index (χ0n) is 8.94. The fraction of sp³-hybridized carbons (Fsp3) is 0.700. The second-order valence-corrected chi connectivity index (χ2v) is 3.94.